The molecule has 0 radical (unpaired) electrons. The molecule has 2 aliphatic carbocycles. The van der Waals surface area contributed by atoms with E-state index >= 15 is 0 Å². The van der Waals surface area contributed by atoms with Gasteiger partial charge in [0, 0.05) is 26.7 Å². The minimum Gasteiger partial charge on any atom is -0.870 e. The standard InChI is InChI=1S/C29H24ClFN2O4S.C29H23ClFN2O3S.Na.H2O/c1-16-25(32-28(36)37-17(2)21-5-3-4-6-23(21)30)26(38-33-16)19-9-7-18(8-10-19)20-11-12-22(24(31)15-20)29(13-14-29)27(34)35;1-17-26(32-28(35)36-18(2)22-5-3-4-6-24(22)30)27(37-33-17)20-9-7-19(8-10-20)21-11-12-23(25(31)15-21)29(16-34)13-14-29;;/h3-12,15,17H,13-14H2,1-2H3,(H,32,36)(H,34,35);3-12,15,18H,13-14H2,1-2H3,(H,32,35);;1H2/q;-1;+1;/p-1/t17-;18-;;/m11../s1. The molecule has 4 N–H and O–H groups in total. The number of carboxylic acids is 1. The van der Waals surface area contributed by atoms with Crippen LogP contribution in [0, 0.1) is 25.5 Å². The van der Waals surface area contributed by atoms with Crippen LogP contribution < -0.4 is 40.2 Å². The summed E-state index contributed by atoms with van der Waals surface area (Å²) in [4.78, 5) is 49.7. The van der Waals surface area contributed by atoms with Gasteiger partial charge in [0.1, 0.15) is 23.8 Å². The molecule has 2 fully saturated rings. The number of hydrogen-bond acceptors (Lipinski definition) is 11. The fraction of sp³-hybridized carbons (Fsp3) is 0.207. The van der Waals surface area contributed by atoms with E-state index in [9.17, 15) is 33.1 Å². The number of rotatable bonds is 14. The second-order valence-corrected chi connectivity index (χ2v) is 20.8. The second-order valence-electron chi connectivity index (χ2n) is 18.4. The van der Waals surface area contributed by atoms with Gasteiger partial charge in [0.2, 0.25) is 0 Å². The first kappa shape index (κ1) is 58.3. The number of hydrogen-bond donors (Lipinski definition) is 3. The van der Waals surface area contributed by atoms with Crippen molar-refractivity contribution >= 4 is 82.1 Å². The van der Waals surface area contributed by atoms with Crippen LogP contribution in [0.3, 0.4) is 0 Å². The fourth-order valence-corrected chi connectivity index (χ4v) is 11.1. The summed E-state index contributed by atoms with van der Waals surface area (Å²) in [6.45, 7) is 7.13. The zero-order chi connectivity index (χ0) is 53.2. The number of carbonyl (C=O) groups excluding carboxylic acids is 3. The molecule has 390 valence electrons. The van der Waals surface area contributed by atoms with Crippen molar-refractivity contribution in [2.24, 2.45) is 0 Å². The molecule has 2 atom stereocenters. The van der Waals surface area contributed by atoms with Crippen molar-refractivity contribution in [1.29, 1.82) is 0 Å². The first-order valence-corrected chi connectivity index (χ1v) is 26.1. The Kier molecular flexibility index (Phi) is 18.6. The molecule has 19 heteroatoms. The van der Waals surface area contributed by atoms with Crippen LogP contribution in [0.15, 0.2) is 133 Å². The van der Waals surface area contributed by atoms with E-state index in [1.54, 1.807) is 57.2 Å². The molecule has 2 aromatic heterocycles. The number of halogens is 4. The van der Waals surface area contributed by atoms with Crippen molar-refractivity contribution in [3.63, 3.8) is 0 Å². The predicted molar refractivity (Wildman–Crippen MR) is 292 cm³/mol. The quantitative estimate of drug-likeness (QED) is 0.0699. The van der Waals surface area contributed by atoms with Gasteiger partial charge in [0.15, 0.2) is 0 Å². The zero-order valence-electron chi connectivity index (χ0n) is 42.3. The molecule has 77 heavy (non-hydrogen) atoms. The fourth-order valence-electron chi connectivity index (χ4n) is 8.82. The van der Waals surface area contributed by atoms with E-state index in [0.29, 0.717) is 80.7 Å². The number of amides is 2. The maximum atomic E-state index is 14.8. The van der Waals surface area contributed by atoms with E-state index in [0.717, 1.165) is 37.6 Å². The molecule has 0 spiro atoms. The van der Waals surface area contributed by atoms with Crippen molar-refractivity contribution in [1.82, 2.24) is 8.75 Å². The average Bonchev–Trinajstić information content (AvgIpc) is 4.33. The number of carbonyl (C=O) groups is 3. The van der Waals surface area contributed by atoms with Gasteiger partial charge in [0.25, 0.3) is 0 Å². The van der Waals surface area contributed by atoms with E-state index in [4.69, 9.17) is 32.7 Å². The molecule has 8 aromatic rings. The van der Waals surface area contributed by atoms with Gasteiger partial charge in [-0.25, -0.2) is 18.4 Å². The van der Waals surface area contributed by atoms with Gasteiger partial charge >= 0.3 is 47.7 Å². The third-order valence-electron chi connectivity index (χ3n) is 13.5. The van der Waals surface area contributed by atoms with Gasteiger partial charge in [-0.15, -0.1) is 0 Å². The molecule has 2 aliphatic rings. The smallest absolute Gasteiger partial charge is 0.870 e. The third-order valence-corrected chi connectivity index (χ3v) is 16.1. The Hall–Kier alpha value is -6.34. The number of anilines is 2. The molecule has 6 aromatic carbocycles. The summed E-state index contributed by atoms with van der Waals surface area (Å²) in [6.07, 6.45) is 1.86. The maximum Gasteiger partial charge on any atom is 1.00 e. The molecule has 0 bridgehead atoms. The van der Waals surface area contributed by atoms with Crippen LogP contribution in [0.2, 0.25) is 10.0 Å². The number of aryl methyl sites for hydroxylation is 2. The topological polar surface area (TPSA) is 187 Å². The van der Waals surface area contributed by atoms with Crippen molar-refractivity contribution in [3.05, 3.63) is 189 Å². The summed E-state index contributed by atoms with van der Waals surface area (Å²) in [7, 11) is 0. The molecule has 12 nitrogen and oxygen atoms in total. The summed E-state index contributed by atoms with van der Waals surface area (Å²) in [5.74, 6) is -1.89. The number of nitrogens with one attached hydrogen (secondary N) is 2. The number of carboxylic acid groups (broad SMARTS) is 1. The maximum absolute atomic E-state index is 14.8. The third kappa shape index (κ3) is 12.7. The van der Waals surface area contributed by atoms with Crippen molar-refractivity contribution in [2.75, 3.05) is 10.6 Å². The monoisotopic (exact) mass is 1120 g/mol. The van der Waals surface area contributed by atoms with Crippen LogP contribution in [-0.2, 0) is 29.9 Å². The zero-order valence-corrected chi connectivity index (χ0v) is 47.4. The van der Waals surface area contributed by atoms with Crippen LogP contribution in [0.4, 0.5) is 29.7 Å². The molecule has 2 saturated carbocycles. The van der Waals surface area contributed by atoms with Crippen molar-refractivity contribution in [2.45, 2.75) is 76.4 Å². The van der Waals surface area contributed by atoms with Gasteiger partial charge in [0.05, 0.1) is 37.9 Å². The van der Waals surface area contributed by atoms with Crippen LogP contribution in [0.5, 0.6) is 0 Å². The molecule has 0 unspecified atom stereocenters. The van der Waals surface area contributed by atoms with E-state index in [2.05, 4.69) is 19.4 Å². The Bertz CT molecular complexity index is 3480. The Morgan fingerprint density at radius 3 is 1.34 bits per heavy atom. The minimum absolute atomic E-state index is 0. The number of aromatic nitrogens is 2. The first-order valence-electron chi connectivity index (χ1n) is 23.8. The van der Waals surface area contributed by atoms with Crippen LogP contribution in [0.1, 0.15) is 85.4 Å². The number of benzene rings is 6. The van der Waals surface area contributed by atoms with Crippen LogP contribution in [-0.4, -0.2) is 43.8 Å². The SMILES string of the molecule is Cc1nsc(-c2ccc(-c3ccc(C4(C(=O)O)CC4)c(F)c3)cc2)c1NC(=O)O[C@H](C)c1ccccc1Cl.Cc1nsc(-c2ccc(-c3ccc(C4([C-]=O)CC4)c(F)c3)cc2)c1NC(=O)O[C@H](C)c1ccccc1Cl.[Na+].[OH-]. The number of nitrogens with zero attached hydrogens (tertiary/aromatic N) is 2. The summed E-state index contributed by atoms with van der Waals surface area (Å²) < 4.78 is 49.5. The molecular weight excluding hydrogens is 1080 g/mol. The Labute approximate surface area is 483 Å². The summed E-state index contributed by atoms with van der Waals surface area (Å²) in [5, 5.41) is 16.2. The average molecular weight is 1130 g/mol. The van der Waals surface area contributed by atoms with Gasteiger partial charge in [-0.1, -0.05) is 151 Å². The van der Waals surface area contributed by atoms with Crippen molar-refractivity contribution < 1.29 is 77.6 Å². The van der Waals surface area contributed by atoms with Gasteiger partial charge < -0.3 is 24.9 Å². The molecule has 0 saturated heterocycles. The summed E-state index contributed by atoms with van der Waals surface area (Å²) in [6, 6.07) is 39.1. The molecular formula is C58H48Cl2F2N4NaO8S2-. The van der Waals surface area contributed by atoms with E-state index < -0.39 is 52.8 Å². The largest absolute Gasteiger partial charge is 1.00 e. The molecule has 0 aliphatic heterocycles. The normalized spacial score (nSPS) is 14.2. The van der Waals surface area contributed by atoms with E-state index in [1.807, 2.05) is 98.1 Å². The minimum atomic E-state index is -1.09. The molecule has 10 rings (SSSR count). The Morgan fingerprint density at radius 1 is 0.610 bits per heavy atom. The van der Waals surface area contributed by atoms with Gasteiger partial charge in [-0.3, -0.25) is 21.7 Å². The Morgan fingerprint density at radius 2 is 0.987 bits per heavy atom. The second kappa shape index (κ2) is 24.5. The van der Waals surface area contributed by atoms with Crippen molar-refractivity contribution in [3.8, 4) is 43.1 Å². The van der Waals surface area contributed by atoms with Gasteiger partial charge in [-0.05, 0) is 127 Å². The number of ether oxygens (including phenoxy) is 2. The molecule has 2 amide bonds. The van der Waals surface area contributed by atoms with E-state index in [1.165, 1.54) is 35.2 Å². The first-order chi connectivity index (χ1) is 36.0. The number of aliphatic carboxylic acids is 1. The van der Waals surface area contributed by atoms with Crippen LogP contribution >= 0.6 is 46.3 Å². The summed E-state index contributed by atoms with van der Waals surface area (Å²) >= 11 is 15.0. The van der Waals surface area contributed by atoms with E-state index in [-0.39, 0.29) is 40.6 Å². The van der Waals surface area contributed by atoms with Gasteiger partial charge in [-0.2, -0.15) is 8.75 Å². The van der Waals surface area contributed by atoms with Crippen LogP contribution in [0.25, 0.3) is 43.1 Å². The summed E-state index contributed by atoms with van der Waals surface area (Å²) in [5.41, 5.74) is 7.32. The Balaban J connectivity index is 0.000000218. The molecule has 2 heterocycles. The predicted octanol–water partition coefficient (Wildman–Crippen LogP) is 12.9.